The second-order valence-electron chi connectivity index (χ2n) is 5.66. The number of aliphatic carboxylic acids is 1. The molecule has 0 heterocycles. The fraction of sp³-hybridized carbons (Fsp3) is 0.500. The monoisotopic (exact) mass is 311 g/mol. The van der Waals surface area contributed by atoms with Crippen LogP contribution in [-0.2, 0) is 9.59 Å². The van der Waals surface area contributed by atoms with Crippen LogP contribution in [0.15, 0.2) is 18.2 Å². The van der Waals surface area contributed by atoms with Crippen molar-refractivity contribution in [2.75, 3.05) is 0 Å². The van der Waals surface area contributed by atoms with Crippen molar-refractivity contribution >= 4 is 11.9 Å². The van der Waals surface area contributed by atoms with Gasteiger partial charge in [0.2, 0.25) is 5.91 Å². The highest BCUT2D eigenvalue weighted by molar-refractivity contribution is 5.87. The summed E-state index contributed by atoms with van der Waals surface area (Å²) < 4.78 is 26.8. The van der Waals surface area contributed by atoms with Gasteiger partial charge in [0.05, 0.1) is 0 Å². The second-order valence-corrected chi connectivity index (χ2v) is 5.66. The van der Waals surface area contributed by atoms with Crippen molar-refractivity contribution in [3.8, 4) is 0 Å². The third-order valence-corrected chi connectivity index (χ3v) is 3.95. The van der Waals surface area contributed by atoms with Gasteiger partial charge in [-0.15, -0.1) is 0 Å². The lowest BCUT2D eigenvalue weighted by Crippen LogP contribution is -2.41. The molecular formula is C16H19F2NO3. The molecule has 4 nitrogen and oxygen atoms in total. The second kappa shape index (κ2) is 6.85. The molecule has 1 saturated carbocycles. The van der Waals surface area contributed by atoms with Gasteiger partial charge in [0.15, 0.2) is 0 Å². The van der Waals surface area contributed by atoms with Gasteiger partial charge in [-0.25, -0.2) is 13.6 Å². The summed E-state index contributed by atoms with van der Waals surface area (Å²) in [4.78, 5) is 23.2. The van der Waals surface area contributed by atoms with Gasteiger partial charge in [-0.2, -0.15) is 0 Å². The minimum absolute atomic E-state index is 0.181. The standard InChI is InChI=1S/C16H19F2NO3/c1-2-3-4-14(16(21)22)19-15(20)12-8-10(12)11-7-9(17)5-6-13(11)18/h5-7,10,12,14H,2-4,8H2,1H3,(H,19,20)(H,21,22)/t10?,12?,14-/m0/s1. The van der Waals surface area contributed by atoms with Crippen molar-refractivity contribution < 1.29 is 23.5 Å². The van der Waals surface area contributed by atoms with E-state index in [0.717, 1.165) is 24.6 Å². The first kappa shape index (κ1) is 16.4. The predicted octanol–water partition coefficient (Wildman–Crippen LogP) is 2.83. The van der Waals surface area contributed by atoms with Gasteiger partial charge in [0.25, 0.3) is 0 Å². The molecule has 1 aliphatic carbocycles. The number of amides is 1. The molecule has 1 aromatic rings. The van der Waals surface area contributed by atoms with Gasteiger partial charge >= 0.3 is 5.97 Å². The molecule has 0 aromatic heterocycles. The largest absolute Gasteiger partial charge is 0.480 e. The highest BCUT2D eigenvalue weighted by atomic mass is 19.1. The van der Waals surface area contributed by atoms with E-state index in [0.29, 0.717) is 19.3 Å². The third kappa shape index (κ3) is 3.81. The Hall–Kier alpha value is -1.98. The van der Waals surface area contributed by atoms with Crippen molar-refractivity contribution in [2.24, 2.45) is 5.92 Å². The topological polar surface area (TPSA) is 66.4 Å². The Balaban J connectivity index is 1.97. The van der Waals surface area contributed by atoms with Crippen LogP contribution in [0.5, 0.6) is 0 Å². The summed E-state index contributed by atoms with van der Waals surface area (Å²) in [6.45, 7) is 1.93. The van der Waals surface area contributed by atoms with E-state index in [4.69, 9.17) is 5.11 Å². The molecule has 0 bridgehead atoms. The Bertz CT molecular complexity index is 577. The Morgan fingerprint density at radius 1 is 1.41 bits per heavy atom. The highest BCUT2D eigenvalue weighted by Crippen LogP contribution is 2.48. The number of nitrogens with one attached hydrogen (secondary N) is 1. The number of hydrogen-bond acceptors (Lipinski definition) is 2. The van der Waals surface area contributed by atoms with E-state index in [1.54, 1.807) is 0 Å². The molecule has 0 aliphatic heterocycles. The van der Waals surface area contributed by atoms with E-state index < -0.39 is 35.5 Å². The first-order valence-electron chi connectivity index (χ1n) is 7.42. The summed E-state index contributed by atoms with van der Waals surface area (Å²) in [6, 6.07) is 2.24. The van der Waals surface area contributed by atoms with Gasteiger partial charge in [-0.1, -0.05) is 19.8 Å². The molecule has 120 valence electrons. The van der Waals surface area contributed by atoms with Crippen molar-refractivity contribution in [1.82, 2.24) is 5.32 Å². The molecule has 1 aliphatic rings. The quantitative estimate of drug-likeness (QED) is 0.814. The van der Waals surface area contributed by atoms with Gasteiger partial charge < -0.3 is 10.4 Å². The number of carboxylic acids is 1. The predicted molar refractivity (Wildman–Crippen MR) is 76.3 cm³/mol. The minimum atomic E-state index is -1.07. The van der Waals surface area contributed by atoms with E-state index in [1.165, 1.54) is 0 Å². The maximum atomic E-state index is 13.7. The smallest absolute Gasteiger partial charge is 0.326 e. The third-order valence-electron chi connectivity index (χ3n) is 3.95. The van der Waals surface area contributed by atoms with E-state index in [2.05, 4.69) is 5.32 Å². The van der Waals surface area contributed by atoms with Gasteiger partial charge in [0.1, 0.15) is 17.7 Å². The van der Waals surface area contributed by atoms with Crippen LogP contribution in [0.1, 0.15) is 44.1 Å². The summed E-state index contributed by atoms with van der Waals surface area (Å²) in [5.74, 6) is -3.43. The SMILES string of the molecule is CCCC[C@H](NC(=O)C1CC1c1cc(F)ccc1F)C(=O)O. The van der Waals surface area contributed by atoms with Crippen molar-refractivity contribution in [3.05, 3.63) is 35.4 Å². The Morgan fingerprint density at radius 3 is 2.77 bits per heavy atom. The number of hydrogen-bond donors (Lipinski definition) is 2. The molecular weight excluding hydrogens is 292 g/mol. The molecule has 0 saturated heterocycles. The Morgan fingerprint density at radius 2 is 2.14 bits per heavy atom. The number of unbranched alkanes of at least 4 members (excludes halogenated alkanes) is 1. The summed E-state index contributed by atoms with van der Waals surface area (Å²) >= 11 is 0. The minimum Gasteiger partial charge on any atom is -0.480 e. The van der Waals surface area contributed by atoms with E-state index in [1.807, 2.05) is 6.92 Å². The number of carbonyl (C=O) groups is 2. The lowest BCUT2D eigenvalue weighted by molar-refractivity contribution is -0.142. The zero-order valence-corrected chi connectivity index (χ0v) is 12.3. The first-order chi connectivity index (χ1) is 10.4. The van der Waals surface area contributed by atoms with Crippen molar-refractivity contribution in [2.45, 2.75) is 44.6 Å². The number of rotatable bonds is 7. The zero-order chi connectivity index (χ0) is 16.3. The normalized spacial score (nSPS) is 21.2. The maximum Gasteiger partial charge on any atom is 0.326 e. The molecule has 2 rings (SSSR count). The van der Waals surface area contributed by atoms with Crippen LogP contribution in [0, 0.1) is 17.6 Å². The fourth-order valence-electron chi connectivity index (χ4n) is 2.57. The van der Waals surface area contributed by atoms with Gasteiger partial charge in [-0.05, 0) is 42.5 Å². The maximum absolute atomic E-state index is 13.7. The van der Waals surface area contributed by atoms with E-state index >= 15 is 0 Å². The molecule has 2 unspecified atom stereocenters. The van der Waals surface area contributed by atoms with Crippen LogP contribution in [0.2, 0.25) is 0 Å². The number of carbonyl (C=O) groups excluding carboxylic acids is 1. The highest BCUT2D eigenvalue weighted by Gasteiger charge is 2.46. The van der Waals surface area contributed by atoms with Crippen LogP contribution < -0.4 is 5.32 Å². The van der Waals surface area contributed by atoms with Crippen LogP contribution in [-0.4, -0.2) is 23.0 Å². The van der Waals surface area contributed by atoms with E-state index in [9.17, 15) is 18.4 Å². The average molecular weight is 311 g/mol. The Kier molecular flexibility index (Phi) is 5.11. The summed E-state index contributed by atoms with van der Waals surface area (Å²) in [5, 5.41) is 11.6. The van der Waals surface area contributed by atoms with Crippen LogP contribution in [0.25, 0.3) is 0 Å². The Labute approximate surface area is 127 Å². The molecule has 6 heteroatoms. The van der Waals surface area contributed by atoms with Crippen molar-refractivity contribution in [1.29, 1.82) is 0 Å². The van der Waals surface area contributed by atoms with Crippen molar-refractivity contribution in [3.63, 3.8) is 0 Å². The fourth-order valence-corrected chi connectivity index (χ4v) is 2.57. The zero-order valence-electron chi connectivity index (χ0n) is 12.3. The molecule has 0 radical (unpaired) electrons. The molecule has 1 aromatic carbocycles. The number of benzene rings is 1. The number of carboxylic acid groups (broad SMARTS) is 1. The van der Waals surface area contributed by atoms with Crippen LogP contribution >= 0.6 is 0 Å². The summed E-state index contributed by atoms with van der Waals surface area (Å²) in [6.07, 6.45) is 2.31. The summed E-state index contributed by atoms with van der Waals surface area (Å²) in [7, 11) is 0. The first-order valence-corrected chi connectivity index (χ1v) is 7.42. The molecule has 22 heavy (non-hydrogen) atoms. The van der Waals surface area contributed by atoms with Crippen LogP contribution in [0.4, 0.5) is 8.78 Å². The van der Waals surface area contributed by atoms with Gasteiger partial charge in [-0.3, -0.25) is 4.79 Å². The molecule has 1 fully saturated rings. The molecule has 3 atom stereocenters. The van der Waals surface area contributed by atoms with Crippen LogP contribution in [0.3, 0.4) is 0 Å². The van der Waals surface area contributed by atoms with E-state index in [-0.39, 0.29) is 11.5 Å². The molecule has 2 N–H and O–H groups in total. The molecule has 1 amide bonds. The summed E-state index contributed by atoms with van der Waals surface area (Å²) in [5.41, 5.74) is 0.181. The number of halogens is 2. The average Bonchev–Trinajstić information content (AvgIpc) is 3.25. The molecule has 0 spiro atoms. The van der Waals surface area contributed by atoms with Gasteiger partial charge in [0, 0.05) is 5.92 Å². The lowest BCUT2D eigenvalue weighted by Gasteiger charge is -2.14. The lowest BCUT2D eigenvalue weighted by atomic mass is 10.1.